The van der Waals surface area contributed by atoms with Crippen molar-refractivity contribution in [3.05, 3.63) is 42.5 Å². The van der Waals surface area contributed by atoms with Gasteiger partial charge in [0.25, 0.3) is 0 Å². The second-order valence-corrected chi connectivity index (χ2v) is 7.07. The lowest BCUT2D eigenvalue weighted by molar-refractivity contribution is -0.0497. The van der Waals surface area contributed by atoms with E-state index in [4.69, 9.17) is 5.73 Å². The third-order valence-electron chi connectivity index (χ3n) is 5.03. The number of amides is 1. The maximum absolute atomic E-state index is 12.7. The largest absolute Gasteiger partial charge is 0.453 e. The topological polar surface area (TPSA) is 78.5 Å². The second-order valence-electron chi connectivity index (χ2n) is 7.07. The Balaban J connectivity index is 1.78. The number of nitrogens with one attached hydrogen (secondary N) is 1. The summed E-state index contributed by atoms with van der Waals surface area (Å²) in [4.78, 5) is 11.4. The van der Waals surface area contributed by atoms with E-state index in [9.17, 15) is 13.6 Å². The summed E-state index contributed by atoms with van der Waals surface area (Å²) in [6.45, 7) is -2.13. The number of ether oxygens (including phenoxy) is 2. The molecule has 8 heteroatoms. The zero-order valence-electron chi connectivity index (χ0n) is 15.8. The number of anilines is 2. The van der Waals surface area contributed by atoms with E-state index < -0.39 is 12.7 Å². The Bertz CT molecular complexity index is 1040. The number of methoxy groups -OCH3 is 1. The van der Waals surface area contributed by atoms with Crippen molar-refractivity contribution in [2.45, 2.75) is 26.0 Å². The summed E-state index contributed by atoms with van der Waals surface area (Å²) >= 11 is 0. The molecule has 4 rings (SSSR count). The molecule has 1 aliphatic rings. The van der Waals surface area contributed by atoms with Crippen LogP contribution in [0.1, 0.15) is 12.8 Å². The van der Waals surface area contributed by atoms with Crippen molar-refractivity contribution in [3.63, 3.8) is 0 Å². The van der Waals surface area contributed by atoms with Crippen molar-refractivity contribution in [2.24, 2.45) is 5.92 Å². The summed E-state index contributed by atoms with van der Waals surface area (Å²) in [6, 6.07) is 12.1. The first-order chi connectivity index (χ1) is 14.0. The number of alkyl halides is 2. The number of nitrogens with zero attached hydrogens (tertiary/aromatic N) is 1. The van der Waals surface area contributed by atoms with Gasteiger partial charge in [-0.2, -0.15) is 8.78 Å². The molecule has 0 unspecified atom stereocenters. The first kappa shape index (κ1) is 19.0. The highest BCUT2D eigenvalue weighted by Gasteiger charge is 2.26. The Morgan fingerprint density at radius 2 is 1.97 bits per heavy atom. The number of rotatable bonds is 6. The zero-order chi connectivity index (χ0) is 20.5. The molecule has 3 aromatic rings. The Hall–Kier alpha value is -3.29. The van der Waals surface area contributed by atoms with Crippen LogP contribution in [0.4, 0.5) is 25.0 Å². The Morgan fingerprint density at radius 1 is 1.24 bits per heavy atom. The minimum Gasteiger partial charge on any atom is -0.453 e. The van der Waals surface area contributed by atoms with E-state index in [1.165, 1.54) is 13.2 Å². The third-order valence-corrected chi connectivity index (χ3v) is 5.03. The summed E-state index contributed by atoms with van der Waals surface area (Å²) in [5, 5.41) is 3.40. The van der Waals surface area contributed by atoms with Gasteiger partial charge in [0.1, 0.15) is 5.75 Å². The SMILES string of the molecule is COC(=O)Nc1ccc(-c2c(N)c3ccc(OC(F)F)cc3n2CC2CC2)cc1. The molecule has 0 saturated heterocycles. The number of hydrogen-bond donors (Lipinski definition) is 2. The quantitative estimate of drug-likeness (QED) is 0.604. The molecule has 1 saturated carbocycles. The van der Waals surface area contributed by atoms with Crippen LogP contribution in [0.15, 0.2) is 42.5 Å². The first-order valence-corrected chi connectivity index (χ1v) is 9.28. The summed E-state index contributed by atoms with van der Waals surface area (Å²) in [7, 11) is 1.30. The van der Waals surface area contributed by atoms with Gasteiger partial charge in [-0.25, -0.2) is 4.79 Å². The van der Waals surface area contributed by atoms with Crippen LogP contribution in [0.2, 0.25) is 0 Å². The monoisotopic (exact) mass is 401 g/mol. The fraction of sp³-hybridized carbons (Fsp3) is 0.286. The molecule has 3 N–H and O–H groups in total. The molecule has 152 valence electrons. The van der Waals surface area contributed by atoms with Crippen molar-refractivity contribution in [3.8, 4) is 17.0 Å². The number of fused-ring (bicyclic) bond motifs is 1. The fourth-order valence-electron chi connectivity index (χ4n) is 3.47. The average Bonchev–Trinajstić information content (AvgIpc) is 3.47. The molecular formula is C21H21F2N3O3. The molecule has 0 radical (unpaired) electrons. The molecule has 1 aromatic heterocycles. The van der Waals surface area contributed by atoms with E-state index in [1.54, 1.807) is 24.3 Å². The van der Waals surface area contributed by atoms with Crippen molar-refractivity contribution in [1.29, 1.82) is 0 Å². The van der Waals surface area contributed by atoms with Gasteiger partial charge in [-0.05, 0) is 43.0 Å². The summed E-state index contributed by atoms with van der Waals surface area (Å²) in [5.41, 5.74) is 10.1. The van der Waals surface area contributed by atoms with Crippen LogP contribution in [0.25, 0.3) is 22.2 Å². The second kappa shape index (κ2) is 7.62. The van der Waals surface area contributed by atoms with E-state index in [0.29, 0.717) is 17.3 Å². The van der Waals surface area contributed by atoms with E-state index in [-0.39, 0.29) is 5.75 Å². The molecule has 6 nitrogen and oxygen atoms in total. The number of nitrogen functional groups attached to an aromatic ring is 1. The molecule has 1 heterocycles. The number of nitrogens with two attached hydrogens (primary N) is 1. The van der Waals surface area contributed by atoms with Crippen molar-refractivity contribution >= 4 is 28.4 Å². The Labute approximate surface area is 166 Å². The molecule has 29 heavy (non-hydrogen) atoms. The summed E-state index contributed by atoms with van der Waals surface area (Å²) in [5.74, 6) is 0.648. The highest BCUT2D eigenvalue weighted by atomic mass is 19.3. The molecule has 1 aliphatic carbocycles. The van der Waals surface area contributed by atoms with Crippen LogP contribution in [-0.2, 0) is 11.3 Å². The van der Waals surface area contributed by atoms with Gasteiger partial charge in [-0.15, -0.1) is 0 Å². The first-order valence-electron chi connectivity index (χ1n) is 9.28. The lowest BCUT2D eigenvalue weighted by atomic mass is 10.1. The van der Waals surface area contributed by atoms with Crippen LogP contribution in [0, 0.1) is 5.92 Å². The van der Waals surface area contributed by atoms with Gasteiger partial charge < -0.3 is 19.8 Å². The van der Waals surface area contributed by atoms with Crippen molar-refractivity contribution in [1.82, 2.24) is 4.57 Å². The number of hydrogen-bond acceptors (Lipinski definition) is 4. The van der Waals surface area contributed by atoms with Gasteiger partial charge in [0, 0.05) is 29.2 Å². The van der Waals surface area contributed by atoms with Crippen LogP contribution in [-0.4, -0.2) is 24.4 Å². The summed E-state index contributed by atoms with van der Waals surface area (Å²) in [6.07, 6.45) is 1.72. The maximum atomic E-state index is 12.7. The number of benzene rings is 2. The van der Waals surface area contributed by atoms with Gasteiger partial charge in [-0.1, -0.05) is 12.1 Å². The minimum atomic E-state index is -2.88. The molecule has 1 amide bonds. The molecule has 0 bridgehead atoms. The van der Waals surface area contributed by atoms with E-state index >= 15 is 0 Å². The lowest BCUT2D eigenvalue weighted by Crippen LogP contribution is -2.10. The van der Waals surface area contributed by atoms with E-state index in [0.717, 1.165) is 41.5 Å². The normalized spacial score (nSPS) is 13.7. The molecule has 0 aliphatic heterocycles. The molecule has 0 atom stereocenters. The summed E-state index contributed by atoms with van der Waals surface area (Å²) < 4.78 is 36.6. The molecule has 1 fully saturated rings. The lowest BCUT2D eigenvalue weighted by Gasteiger charge is -2.12. The van der Waals surface area contributed by atoms with Gasteiger partial charge in [0.15, 0.2) is 0 Å². The Morgan fingerprint density at radius 3 is 2.59 bits per heavy atom. The number of aromatic nitrogens is 1. The van der Waals surface area contributed by atoms with E-state index in [1.807, 2.05) is 12.1 Å². The maximum Gasteiger partial charge on any atom is 0.411 e. The van der Waals surface area contributed by atoms with Crippen LogP contribution in [0.3, 0.4) is 0 Å². The van der Waals surface area contributed by atoms with Crippen LogP contribution >= 0.6 is 0 Å². The van der Waals surface area contributed by atoms with Gasteiger partial charge in [0.2, 0.25) is 0 Å². The minimum absolute atomic E-state index is 0.103. The zero-order valence-corrected chi connectivity index (χ0v) is 15.8. The van der Waals surface area contributed by atoms with Crippen LogP contribution in [0.5, 0.6) is 5.75 Å². The molecule has 0 spiro atoms. The van der Waals surface area contributed by atoms with E-state index in [2.05, 4.69) is 19.4 Å². The molecule has 2 aromatic carbocycles. The van der Waals surface area contributed by atoms with Gasteiger partial charge in [-0.3, -0.25) is 5.32 Å². The Kier molecular flexibility index (Phi) is 5.00. The smallest absolute Gasteiger partial charge is 0.411 e. The van der Waals surface area contributed by atoms with Crippen molar-refractivity contribution in [2.75, 3.05) is 18.2 Å². The van der Waals surface area contributed by atoms with Crippen molar-refractivity contribution < 1.29 is 23.0 Å². The fourth-order valence-corrected chi connectivity index (χ4v) is 3.47. The van der Waals surface area contributed by atoms with Gasteiger partial charge >= 0.3 is 12.7 Å². The highest BCUT2D eigenvalue weighted by molar-refractivity contribution is 6.01. The predicted molar refractivity (Wildman–Crippen MR) is 107 cm³/mol. The number of carbonyl (C=O) groups is 1. The predicted octanol–water partition coefficient (Wildman–Crippen LogP) is 5.08. The number of carbonyl (C=O) groups excluding carboxylic acids is 1. The standard InChI is InChI=1S/C21H21F2N3O3/c1-28-21(27)25-14-6-4-13(5-7-14)19-18(24)16-9-8-15(29-20(22)23)10-17(16)26(19)11-12-2-3-12/h4-10,12,20H,2-3,11,24H2,1H3,(H,25,27). The number of halogens is 2. The third kappa shape index (κ3) is 3.96. The van der Waals surface area contributed by atoms with Gasteiger partial charge in [0.05, 0.1) is 24.0 Å². The van der Waals surface area contributed by atoms with Crippen LogP contribution < -0.4 is 15.8 Å². The highest BCUT2D eigenvalue weighted by Crippen LogP contribution is 2.41. The molecular weight excluding hydrogens is 380 g/mol. The average molecular weight is 401 g/mol.